The topological polar surface area (TPSA) is 55.8 Å². The van der Waals surface area contributed by atoms with Gasteiger partial charge in [-0.15, -0.1) is 0 Å². The standard InChI is InChI=1S/C39H76NO4.Mo/c1-6-11-15-21-29-36(27-13-8-3)38(41)43-34-25-19-17-23-32-40(31-10-5)33-24-18-20-26-35-44-39(42)37(28-14-9-4)30-22-16-12-7-2;/h36-37H,5-35H2,1-4H3;/q-1;. The van der Waals surface area contributed by atoms with Crippen molar-refractivity contribution in [2.24, 2.45) is 11.8 Å². The smallest absolute Gasteiger partial charge is 0.308 e. The van der Waals surface area contributed by atoms with Crippen molar-refractivity contribution in [3.63, 3.8) is 0 Å². The average molecular weight is 719 g/mol. The van der Waals surface area contributed by atoms with E-state index in [1.165, 1.54) is 64.2 Å². The van der Waals surface area contributed by atoms with E-state index in [4.69, 9.17) is 9.47 Å². The number of esters is 2. The van der Waals surface area contributed by atoms with Gasteiger partial charge in [0.1, 0.15) is 0 Å². The maximum atomic E-state index is 12.6. The van der Waals surface area contributed by atoms with E-state index >= 15 is 0 Å². The van der Waals surface area contributed by atoms with Gasteiger partial charge in [-0.25, -0.2) is 0 Å². The van der Waals surface area contributed by atoms with Gasteiger partial charge in [0, 0.05) is 21.1 Å². The number of nitrogens with zero attached hydrogens (tertiary/aromatic N) is 1. The van der Waals surface area contributed by atoms with E-state index in [-0.39, 0.29) is 44.8 Å². The maximum Gasteiger partial charge on any atom is 0.308 e. The second kappa shape index (κ2) is 36.4. The predicted octanol–water partition coefficient (Wildman–Crippen LogP) is 11.3. The molecule has 2 atom stereocenters. The first kappa shape index (κ1) is 46.7. The molecule has 0 heterocycles. The van der Waals surface area contributed by atoms with Gasteiger partial charge in [0.15, 0.2) is 0 Å². The van der Waals surface area contributed by atoms with Crippen LogP contribution in [0.1, 0.15) is 188 Å². The van der Waals surface area contributed by atoms with Crippen LogP contribution >= 0.6 is 0 Å². The van der Waals surface area contributed by atoms with Gasteiger partial charge >= 0.3 is 11.9 Å². The zero-order valence-corrected chi connectivity index (χ0v) is 32.6. The van der Waals surface area contributed by atoms with E-state index in [0.717, 1.165) is 116 Å². The summed E-state index contributed by atoms with van der Waals surface area (Å²) in [6.07, 6.45) is 28.1. The molecule has 6 heteroatoms. The predicted molar refractivity (Wildman–Crippen MR) is 189 cm³/mol. The molecule has 268 valence electrons. The van der Waals surface area contributed by atoms with E-state index in [0.29, 0.717) is 13.2 Å². The molecule has 0 aliphatic rings. The first-order chi connectivity index (χ1) is 21.5. The minimum Gasteiger partial charge on any atom is -0.465 e. The van der Waals surface area contributed by atoms with Crippen molar-refractivity contribution < 1.29 is 40.1 Å². The number of carbonyl (C=O) groups is 2. The minimum absolute atomic E-state index is 0. The Kier molecular flexibility index (Phi) is 37.8. The third-order valence-electron chi connectivity index (χ3n) is 8.99. The first-order valence-electron chi connectivity index (χ1n) is 19.4. The van der Waals surface area contributed by atoms with Crippen LogP contribution in [0.2, 0.25) is 0 Å². The molecule has 0 N–H and O–H groups in total. The number of ether oxygens (including phenoxy) is 2. The zero-order valence-electron chi connectivity index (χ0n) is 30.6. The molecule has 0 amide bonds. The molecule has 5 nitrogen and oxygen atoms in total. The average Bonchev–Trinajstić information content (AvgIpc) is 3.02. The van der Waals surface area contributed by atoms with E-state index in [2.05, 4.69) is 39.5 Å². The van der Waals surface area contributed by atoms with Gasteiger partial charge in [0.2, 0.25) is 0 Å². The first-order valence-corrected chi connectivity index (χ1v) is 19.4. The van der Waals surface area contributed by atoms with Crippen molar-refractivity contribution in [1.82, 2.24) is 4.90 Å². The van der Waals surface area contributed by atoms with Gasteiger partial charge in [-0.3, -0.25) is 9.59 Å². The summed E-state index contributed by atoms with van der Waals surface area (Å²) in [5.41, 5.74) is 0. The van der Waals surface area contributed by atoms with Gasteiger partial charge in [-0.05, 0) is 71.0 Å². The second-order valence-corrected chi connectivity index (χ2v) is 13.2. The van der Waals surface area contributed by atoms with E-state index < -0.39 is 0 Å². The van der Waals surface area contributed by atoms with Crippen LogP contribution in [0.4, 0.5) is 0 Å². The fourth-order valence-corrected chi connectivity index (χ4v) is 6.02. The molecular formula is C39H76MoNO4-. The van der Waals surface area contributed by atoms with Gasteiger partial charge in [0.05, 0.1) is 25.0 Å². The van der Waals surface area contributed by atoms with Crippen molar-refractivity contribution in [3.05, 3.63) is 6.92 Å². The molecule has 0 spiro atoms. The molecule has 0 rings (SSSR count). The normalized spacial score (nSPS) is 12.6. The van der Waals surface area contributed by atoms with Crippen molar-refractivity contribution in [3.8, 4) is 0 Å². The molecule has 0 bridgehead atoms. The van der Waals surface area contributed by atoms with Crippen LogP contribution in [-0.4, -0.2) is 49.7 Å². The molecule has 0 aromatic heterocycles. The fourth-order valence-electron chi connectivity index (χ4n) is 6.02. The van der Waals surface area contributed by atoms with Crippen molar-refractivity contribution in [2.45, 2.75) is 188 Å². The summed E-state index contributed by atoms with van der Waals surface area (Å²) in [4.78, 5) is 27.8. The molecule has 45 heavy (non-hydrogen) atoms. The quantitative estimate of drug-likeness (QED) is 0.0287. The Bertz CT molecular complexity index is 582. The van der Waals surface area contributed by atoms with E-state index in [9.17, 15) is 9.59 Å². The summed E-state index contributed by atoms with van der Waals surface area (Å²) in [6.45, 7) is 17.4. The molecule has 0 aromatic carbocycles. The minimum atomic E-state index is 0. The van der Waals surface area contributed by atoms with E-state index in [1.807, 2.05) is 0 Å². The summed E-state index contributed by atoms with van der Waals surface area (Å²) < 4.78 is 11.4. The Balaban J connectivity index is 0. The molecule has 0 fully saturated rings. The fraction of sp³-hybridized carbons (Fsp3) is 0.923. The molecule has 0 saturated heterocycles. The third kappa shape index (κ3) is 29.5. The van der Waals surface area contributed by atoms with Crippen LogP contribution in [0, 0.1) is 18.8 Å². The third-order valence-corrected chi connectivity index (χ3v) is 8.99. The van der Waals surface area contributed by atoms with Gasteiger partial charge in [-0.2, -0.15) is 6.42 Å². The number of rotatable bonds is 34. The monoisotopic (exact) mass is 720 g/mol. The molecule has 0 aliphatic carbocycles. The van der Waals surface area contributed by atoms with Gasteiger partial charge < -0.3 is 21.3 Å². The van der Waals surface area contributed by atoms with Crippen LogP contribution in [0.15, 0.2) is 0 Å². The van der Waals surface area contributed by atoms with Crippen molar-refractivity contribution in [1.29, 1.82) is 0 Å². The molecule has 0 radical (unpaired) electrons. The second-order valence-electron chi connectivity index (χ2n) is 13.2. The Hall–Kier alpha value is -0.412. The molecule has 0 aliphatic heterocycles. The van der Waals surface area contributed by atoms with Crippen molar-refractivity contribution in [2.75, 3.05) is 32.8 Å². The largest absolute Gasteiger partial charge is 0.465 e. The van der Waals surface area contributed by atoms with Gasteiger partial charge in [0.25, 0.3) is 0 Å². The summed E-state index contributed by atoms with van der Waals surface area (Å²) in [6, 6.07) is 0. The Labute approximate surface area is 295 Å². The maximum absolute atomic E-state index is 12.6. The molecule has 0 aromatic rings. The zero-order chi connectivity index (χ0) is 32.5. The Morgan fingerprint density at radius 3 is 1.22 bits per heavy atom. The summed E-state index contributed by atoms with van der Waals surface area (Å²) in [5.74, 6) is 0.296. The summed E-state index contributed by atoms with van der Waals surface area (Å²) >= 11 is 0. The van der Waals surface area contributed by atoms with Gasteiger partial charge in [-0.1, -0.05) is 130 Å². The summed E-state index contributed by atoms with van der Waals surface area (Å²) in [5, 5.41) is 0. The Morgan fingerprint density at radius 2 is 0.844 bits per heavy atom. The summed E-state index contributed by atoms with van der Waals surface area (Å²) in [7, 11) is 0. The molecular weight excluding hydrogens is 642 g/mol. The van der Waals surface area contributed by atoms with Crippen LogP contribution in [0.3, 0.4) is 0 Å². The number of unbranched alkanes of at least 4 members (excludes halogenated alkanes) is 14. The van der Waals surface area contributed by atoms with E-state index in [1.54, 1.807) is 0 Å². The number of hydrogen-bond acceptors (Lipinski definition) is 5. The Morgan fingerprint density at radius 1 is 0.489 bits per heavy atom. The number of carbonyl (C=O) groups excluding carboxylic acids is 2. The molecule has 0 saturated carbocycles. The van der Waals surface area contributed by atoms with Crippen LogP contribution in [0.5, 0.6) is 0 Å². The molecule has 2 unspecified atom stereocenters. The SMILES string of the molecule is [CH2-]CCN(CCCCCCOC(=O)C(CCCC)CCCCCC)CCCCCCOC(=O)C(CCCC)CCCCCC.[Mo]. The van der Waals surface area contributed by atoms with Crippen molar-refractivity contribution >= 4 is 11.9 Å². The number of hydrogen-bond donors (Lipinski definition) is 0. The van der Waals surface area contributed by atoms with Crippen LogP contribution in [0.25, 0.3) is 0 Å². The van der Waals surface area contributed by atoms with Crippen LogP contribution < -0.4 is 0 Å². The van der Waals surface area contributed by atoms with Crippen LogP contribution in [-0.2, 0) is 40.1 Å².